The van der Waals surface area contributed by atoms with Gasteiger partial charge in [-0.05, 0) is 29.7 Å². The van der Waals surface area contributed by atoms with Crippen LogP contribution in [-0.4, -0.2) is 41.5 Å². The second kappa shape index (κ2) is 6.89. The number of aromatic nitrogens is 1. The van der Waals surface area contributed by atoms with Crippen molar-refractivity contribution in [2.24, 2.45) is 5.73 Å². The van der Waals surface area contributed by atoms with E-state index in [-0.39, 0.29) is 0 Å². The Balaban J connectivity index is 1.94. The van der Waals surface area contributed by atoms with Gasteiger partial charge < -0.3 is 11.1 Å². The largest absolute Gasteiger partial charge is 0.366 e. The van der Waals surface area contributed by atoms with E-state index in [1.807, 2.05) is 24.3 Å². The van der Waals surface area contributed by atoms with Crippen molar-refractivity contribution in [2.45, 2.75) is 19.5 Å². The number of amides is 1. The van der Waals surface area contributed by atoms with Crippen molar-refractivity contribution in [3.63, 3.8) is 0 Å². The minimum absolute atomic E-state index is 0.446. The molecule has 0 spiro atoms. The lowest BCUT2D eigenvalue weighted by molar-refractivity contribution is 0.100. The highest BCUT2D eigenvalue weighted by atomic mass is 16.1. The van der Waals surface area contributed by atoms with E-state index in [1.54, 1.807) is 12.4 Å². The standard InChI is InChI=1S/C18H22N4O/c1-13-11-22(9-8-21-13)12-14-4-2-3-5-15(14)16-6-7-20-10-17(16)18(19)23/h2-7,10,13,21H,8-9,11-12H2,1H3,(H2,19,23)/t13-/m0/s1. The van der Waals surface area contributed by atoms with E-state index in [2.05, 4.69) is 28.2 Å². The number of nitrogens with zero attached hydrogens (tertiary/aromatic N) is 2. The first-order valence-electron chi connectivity index (χ1n) is 7.93. The van der Waals surface area contributed by atoms with E-state index in [0.29, 0.717) is 11.6 Å². The maximum Gasteiger partial charge on any atom is 0.250 e. The molecule has 3 N–H and O–H groups in total. The van der Waals surface area contributed by atoms with Crippen LogP contribution in [0.2, 0.25) is 0 Å². The van der Waals surface area contributed by atoms with Gasteiger partial charge in [-0.15, -0.1) is 0 Å². The molecule has 5 nitrogen and oxygen atoms in total. The normalized spacial score (nSPS) is 18.7. The van der Waals surface area contributed by atoms with Gasteiger partial charge in [0.05, 0.1) is 5.56 Å². The molecule has 2 aromatic rings. The molecule has 2 heterocycles. The predicted molar refractivity (Wildman–Crippen MR) is 90.9 cm³/mol. The highest BCUT2D eigenvalue weighted by Gasteiger charge is 2.18. The van der Waals surface area contributed by atoms with E-state index >= 15 is 0 Å². The van der Waals surface area contributed by atoms with Crippen LogP contribution in [0.1, 0.15) is 22.8 Å². The Labute approximate surface area is 136 Å². The summed E-state index contributed by atoms with van der Waals surface area (Å²) in [4.78, 5) is 18.2. The predicted octanol–water partition coefficient (Wildman–Crippen LogP) is 1.64. The minimum atomic E-state index is -0.446. The molecule has 0 radical (unpaired) electrons. The van der Waals surface area contributed by atoms with Crippen LogP contribution in [0.5, 0.6) is 0 Å². The maximum atomic E-state index is 11.7. The van der Waals surface area contributed by atoms with Gasteiger partial charge in [0.1, 0.15) is 0 Å². The topological polar surface area (TPSA) is 71.2 Å². The van der Waals surface area contributed by atoms with Gasteiger partial charge in [-0.25, -0.2) is 0 Å². The summed E-state index contributed by atoms with van der Waals surface area (Å²) in [5, 5.41) is 3.46. The molecule has 120 valence electrons. The fraction of sp³-hybridized carbons (Fsp3) is 0.333. The first-order valence-corrected chi connectivity index (χ1v) is 7.93. The minimum Gasteiger partial charge on any atom is -0.366 e. The Kier molecular flexibility index (Phi) is 4.69. The lowest BCUT2D eigenvalue weighted by Gasteiger charge is -2.32. The Hall–Kier alpha value is -2.24. The molecule has 1 aliphatic heterocycles. The second-order valence-electron chi connectivity index (χ2n) is 6.03. The summed E-state index contributed by atoms with van der Waals surface area (Å²) in [5.41, 5.74) is 9.08. The fourth-order valence-corrected chi connectivity index (χ4v) is 3.14. The molecule has 23 heavy (non-hydrogen) atoms. The van der Waals surface area contributed by atoms with Crippen molar-refractivity contribution >= 4 is 5.91 Å². The molecule has 1 atom stereocenters. The van der Waals surface area contributed by atoms with Crippen molar-refractivity contribution < 1.29 is 4.79 Å². The lowest BCUT2D eigenvalue weighted by Crippen LogP contribution is -2.48. The molecule has 5 heteroatoms. The third-order valence-corrected chi connectivity index (χ3v) is 4.24. The van der Waals surface area contributed by atoms with Crippen LogP contribution in [0.25, 0.3) is 11.1 Å². The molecule has 1 aromatic carbocycles. The summed E-state index contributed by atoms with van der Waals surface area (Å²) in [5.74, 6) is -0.446. The van der Waals surface area contributed by atoms with Crippen molar-refractivity contribution in [2.75, 3.05) is 19.6 Å². The number of primary amides is 1. The van der Waals surface area contributed by atoms with Gasteiger partial charge >= 0.3 is 0 Å². The average molecular weight is 310 g/mol. The van der Waals surface area contributed by atoms with Crippen LogP contribution in [0.4, 0.5) is 0 Å². The van der Waals surface area contributed by atoms with E-state index in [9.17, 15) is 4.79 Å². The summed E-state index contributed by atoms with van der Waals surface area (Å²) < 4.78 is 0. The molecule has 0 saturated carbocycles. The van der Waals surface area contributed by atoms with Gasteiger partial charge in [-0.2, -0.15) is 0 Å². The Morgan fingerprint density at radius 3 is 2.96 bits per heavy atom. The first-order chi connectivity index (χ1) is 11.1. The molecule has 3 rings (SSSR count). The lowest BCUT2D eigenvalue weighted by atomic mass is 9.96. The third-order valence-electron chi connectivity index (χ3n) is 4.24. The number of nitrogens with two attached hydrogens (primary N) is 1. The summed E-state index contributed by atoms with van der Waals surface area (Å²) in [6.45, 7) is 6.12. The number of benzene rings is 1. The van der Waals surface area contributed by atoms with Crippen LogP contribution >= 0.6 is 0 Å². The smallest absolute Gasteiger partial charge is 0.250 e. The van der Waals surface area contributed by atoms with E-state index < -0.39 is 5.91 Å². The quantitative estimate of drug-likeness (QED) is 0.900. The van der Waals surface area contributed by atoms with Crippen LogP contribution in [0.15, 0.2) is 42.7 Å². The average Bonchev–Trinajstić information content (AvgIpc) is 2.55. The first kappa shape index (κ1) is 15.6. The van der Waals surface area contributed by atoms with Crippen LogP contribution in [0, 0.1) is 0 Å². The number of hydrogen-bond donors (Lipinski definition) is 2. The number of nitrogens with one attached hydrogen (secondary N) is 1. The van der Waals surface area contributed by atoms with Crippen molar-refractivity contribution in [3.8, 4) is 11.1 Å². The highest BCUT2D eigenvalue weighted by molar-refractivity contribution is 5.99. The van der Waals surface area contributed by atoms with Crippen molar-refractivity contribution in [1.29, 1.82) is 0 Å². The number of hydrogen-bond acceptors (Lipinski definition) is 4. The highest BCUT2D eigenvalue weighted by Crippen LogP contribution is 2.27. The molecular weight excluding hydrogens is 288 g/mol. The van der Waals surface area contributed by atoms with Gasteiger partial charge in [-0.1, -0.05) is 24.3 Å². The number of piperazine rings is 1. The monoisotopic (exact) mass is 310 g/mol. The number of carbonyl (C=O) groups is 1. The molecule has 1 aliphatic rings. The van der Waals surface area contributed by atoms with Gasteiger partial charge in [-0.3, -0.25) is 14.7 Å². The summed E-state index contributed by atoms with van der Waals surface area (Å²) in [6, 6.07) is 10.5. The van der Waals surface area contributed by atoms with Gasteiger partial charge in [0.2, 0.25) is 0 Å². The van der Waals surface area contributed by atoms with E-state index in [1.165, 1.54) is 5.56 Å². The maximum absolute atomic E-state index is 11.7. The number of rotatable bonds is 4. The molecule has 1 amide bonds. The second-order valence-corrected chi connectivity index (χ2v) is 6.03. The van der Waals surface area contributed by atoms with Gasteiger partial charge in [0.25, 0.3) is 5.91 Å². The number of carbonyl (C=O) groups excluding carboxylic acids is 1. The third kappa shape index (κ3) is 3.57. The van der Waals surface area contributed by atoms with Crippen LogP contribution < -0.4 is 11.1 Å². The molecular formula is C18H22N4O. The Bertz CT molecular complexity index is 701. The zero-order valence-corrected chi connectivity index (χ0v) is 13.3. The summed E-state index contributed by atoms with van der Waals surface area (Å²) >= 11 is 0. The molecule has 0 unspecified atom stereocenters. The Morgan fingerprint density at radius 1 is 1.35 bits per heavy atom. The molecule has 1 aromatic heterocycles. The molecule has 0 bridgehead atoms. The molecule has 1 fully saturated rings. The number of pyridine rings is 1. The van der Waals surface area contributed by atoms with E-state index in [0.717, 1.165) is 37.3 Å². The molecule has 0 aliphatic carbocycles. The fourth-order valence-electron chi connectivity index (χ4n) is 3.14. The zero-order chi connectivity index (χ0) is 16.2. The van der Waals surface area contributed by atoms with Crippen LogP contribution in [0.3, 0.4) is 0 Å². The summed E-state index contributed by atoms with van der Waals surface area (Å²) in [7, 11) is 0. The van der Waals surface area contributed by atoms with Gasteiger partial charge in [0, 0.05) is 44.6 Å². The van der Waals surface area contributed by atoms with Gasteiger partial charge in [0.15, 0.2) is 0 Å². The summed E-state index contributed by atoms with van der Waals surface area (Å²) in [6.07, 6.45) is 3.24. The molecule has 1 saturated heterocycles. The van der Waals surface area contributed by atoms with E-state index in [4.69, 9.17) is 5.73 Å². The zero-order valence-electron chi connectivity index (χ0n) is 13.3. The van der Waals surface area contributed by atoms with Crippen molar-refractivity contribution in [3.05, 3.63) is 53.9 Å². The Morgan fingerprint density at radius 2 is 2.17 bits per heavy atom. The SMILES string of the molecule is C[C@H]1CN(Cc2ccccc2-c2ccncc2C(N)=O)CCN1. The van der Waals surface area contributed by atoms with Crippen LogP contribution in [-0.2, 0) is 6.54 Å². The van der Waals surface area contributed by atoms with Crippen molar-refractivity contribution in [1.82, 2.24) is 15.2 Å².